The number of fused-ring (bicyclic) bond motifs is 9. The van der Waals surface area contributed by atoms with E-state index in [0.29, 0.717) is 17.3 Å². The van der Waals surface area contributed by atoms with Gasteiger partial charge >= 0.3 is 0 Å². The maximum absolute atomic E-state index is 7.96. The highest BCUT2D eigenvalue weighted by molar-refractivity contribution is 6.14. The Kier molecular flexibility index (Phi) is 7.19. The van der Waals surface area contributed by atoms with Gasteiger partial charge in [-0.3, -0.25) is 0 Å². The first-order valence-corrected chi connectivity index (χ1v) is 19.7. The Balaban J connectivity index is 1.16. The zero-order chi connectivity index (χ0) is 39.0. The molecule has 0 saturated heterocycles. The largest absolute Gasteiger partial charge is 0.360 e. The second-order valence-corrected chi connectivity index (χ2v) is 14.9. The Bertz CT molecular complexity index is 3410. The lowest BCUT2D eigenvalue weighted by Gasteiger charge is -2.13. The van der Waals surface area contributed by atoms with Crippen LogP contribution in [0.2, 0.25) is 0 Å². The molecule has 274 valence electrons. The van der Waals surface area contributed by atoms with Crippen molar-refractivity contribution in [3.05, 3.63) is 206 Å². The molecule has 0 unspecified atom stereocenters. The second kappa shape index (κ2) is 12.9. The van der Waals surface area contributed by atoms with Gasteiger partial charge in [0.05, 0.1) is 50.0 Å². The van der Waals surface area contributed by atoms with Gasteiger partial charge in [-0.2, -0.15) is 0 Å². The maximum atomic E-state index is 7.96. The minimum Gasteiger partial charge on any atom is -0.360 e. The molecule has 0 fully saturated rings. The number of nitrogens with zero attached hydrogens (tertiary/aromatic N) is 6. The molecule has 4 heterocycles. The number of hydrogen-bond acceptors (Lipinski definition) is 2. The Morgan fingerprint density at radius 3 is 1.32 bits per heavy atom. The topological polar surface area (TPSA) is 44.9 Å². The van der Waals surface area contributed by atoms with Gasteiger partial charge in [-0.25, -0.2) is 4.98 Å². The lowest BCUT2D eigenvalue weighted by atomic mass is 10.1. The van der Waals surface area contributed by atoms with Crippen molar-refractivity contribution in [1.29, 1.82) is 0 Å². The van der Waals surface area contributed by atoms with Crippen molar-refractivity contribution in [1.82, 2.24) is 23.7 Å². The predicted octanol–water partition coefficient (Wildman–Crippen LogP) is 13.7. The highest BCUT2D eigenvalue weighted by atomic mass is 15.0. The van der Waals surface area contributed by atoms with Gasteiger partial charge in [-0.05, 0) is 84.4 Å². The van der Waals surface area contributed by atoms with Crippen LogP contribution in [0.15, 0.2) is 194 Å². The number of hydrogen-bond donors (Lipinski definition) is 0. The highest BCUT2D eigenvalue weighted by Crippen LogP contribution is 2.41. The van der Waals surface area contributed by atoms with Gasteiger partial charge in [0.1, 0.15) is 0 Å². The van der Waals surface area contributed by atoms with Crippen molar-refractivity contribution in [2.24, 2.45) is 0 Å². The van der Waals surface area contributed by atoms with E-state index in [0.717, 1.165) is 50.0 Å². The van der Waals surface area contributed by atoms with Crippen molar-refractivity contribution in [3.63, 3.8) is 0 Å². The monoisotopic (exact) mass is 752 g/mol. The van der Waals surface area contributed by atoms with Crippen LogP contribution in [0.3, 0.4) is 0 Å². The first kappa shape index (κ1) is 32.9. The fourth-order valence-electron chi connectivity index (χ4n) is 9.17. The summed E-state index contributed by atoms with van der Waals surface area (Å²) < 4.78 is 7.10. The summed E-state index contributed by atoms with van der Waals surface area (Å²) in [7, 11) is 0. The average molecular weight is 753 g/mol. The van der Waals surface area contributed by atoms with Crippen molar-refractivity contribution in [2.75, 3.05) is 0 Å². The second-order valence-electron chi connectivity index (χ2n) is 14.9. The first-order chi connectivity index (χ1) is 29.2. The quantitative estimate of drug-likeness (QED) is 0.164. The summed E-state index contributed by atoms with van der Waals surface area (Å²) in [6, 6.07) is 68.3. The molecule has 0 bridgehead atoms. The van der Waals surface area contributed by atoms with E-state index in [1.807, 2.05) is 36.4 Å². The van der Waals surface area contributed by atoms with Crippen molar-refractivity contribution in [2.45, 2.75) is 0 Å². The molecule has 12 aromatic rings. The van der Waals surface area contributed by atoms with E-state index in [4.69, 9.17) is 16.5 Å². The molecule has 0 atom stereocenters. The van der Waals surface area contributed by atoms with Gasteiger partial charge in [-0.1, -0.05) is 127 Å². The molecule has 4 aromatic heterocycles. The molecule has 0 spiro atoms. The van der Waals surface area contributed by atoms with E-state index >= 15 is 0 Å². The van der Waals surface area contributed by atoms with Gasteiger partial charge in [-0.15, -0.1) is 0 Å². The van der Waals surface area contributed by atoms with Gasteiger partial charge in [0.2, 0.25) is 0 Å². The summed E-state index contributed by atoms with van der Waals surface area (Å²) in [5, 5.41) is 7.15. The van der Waals surface area contributed by atoms with E-state index in [1.54, 1.807) is 6.07 Å². The van der Waals surface area contributed by atoms with Crippen LogP contribution in [0.25, 0.3) is 110 Å². The lowest BCUT2D eigenvalue weighted by Crippen LogP contribution is -2.01. The summed E-state index contributed by atoms with van der Waals surface area (Å²) in [5.41, 5.74) is 12.4. The van der Waals surface area contributed by atoms with Gasteiger partial charge in [0.25, 0.3) is 11.6 Å². The zero-order valence-corrected chi connectivity index (χ0v) is 31.7. The fourth-order valence-corrected chi connectivity index (χ4v) is 9.17. The van der Waals surface area contributed by atoms with E-state index in [9.17, 15) is 0 Å². The highest BCUT2D eigenvalue weighted by Gasteiger charge is 2.22. The molecule has 8 aromatic carbocycles. The number of rotatable bonds is 5. The maximum Gasteiger partial charge on any atom is 0.274 e. The number of aromatic nitrogens is 5. The Morgan fingerprint density at radius 2 is 0.814 bits per heavy atom. The van der Waals surface area contributed by atoms with E-state index in [-0.39, 0.29) is 0 Å². The predicted molar refractivity (Wildman–Crippen MR) is 242 cm³/mol. The van der Waals surface area contributed by atoms with Gasteiger partial charge in [0, 0.05) is 43.7 Å². The summed E-state index contributed by atoms with van der Waals surface area (Å²) in [4.78, 5) is 13.7. The van der Waals surface area contributed by atoms with Crippen molar-refractivity contribution >= 4 is 71.2 Å². The van der Waals surface area contributed by atoms with Crippen LogP contribution >= 0.6 is 0 Å². The SMILES string of the molecule is [C-]#[N+]c1cc(-c2ccccc2)nc(-c2ccccc2-n2c3ccc(-n4c5ccccc5c5ccccc54)cc3c3cc(-n4c5ccccc5c5ccccc54)ccc32)n1. The molecule has 0 aliphatic heterocycles. The normalized spacial score (nSPS) is 11.7. The van der Waals surface area contributed by atoms with Crippen LogP contribution in [0.1, 0.15) is 0 Å². The Hall–Kier alpha value is -8.27. The molecule has 6 heteroatoms. The standard InChI is InChI=1S/C53H32N6/c1-54-52-33-44(34-15-3-2-4-16-34)55-53(56-52)41-21-9-14-26-49(41)59-50-29-27-35(57-45-22-10-5-17-37(45)38-18-6-11-23-46(38)57)31-42(50)43-32-36(28-30-51(43)59)58-47-24-12-7-19-39(47)40-20-8-13-25-48(40)58/h2-33H. The van der Waals surface area contributed by atoms with Crippen molar-refractivity contribution < 1.29 is 0 Å². The van der Waals surface area contributed by atoms with Crippen LogP contribution in [-0.4, -0.2) is 23.7 Å². The van der Waals surface area contributed by atoms with Gasteiger partial charge < -0.3 is 18.5 Å². The van der Waals surface area contributed by atoms with Crippen LogP contribution < -0.4 is 0 Å². The average Bonchev–Trinajstić information content (AvgIpc) is 3.94. The number of benzene rings is 8. The third kappa shape index (κ3) is 4.99. The molecule has 0 radical (unpaired) electrons. The van der Waals surface area contributed by atoms with Crippen LogP contribution in [-0.2, 0) is 0 Å². The molecule has 0 N–H and O–H groups in total. The fraction of sp³-hybridized carbons (Fsp3) is 0. The molecule has 6 nitrogen and oxygen atoms in total. The van der Waals surface area contributed by atoms with Crippen LogP contribution in [0, 0.1) is 6.57 Å². The van der Waals surface area contributed by atoms with E-state index < -0.39 is 0 Å². The van der Waals surface area contributed by atoms with Crippen molar-refractivity contribution in [3.8, 4) is 39.7 Å². The molecule has 12 rings (SSSR count). The zero-order valence-electron chi connectivity index (χ0n) is 31.7. The third-order valence-corrected chi connectivity index (χ3v) is 11.7. The first-order valence-electron chi connectivity index (χ1n) is 19.7. The molecule has 0 aliphatic carbocycles. The molecular formula is C53H32N6. The Labute approximate surface area is 338 Å². The minimum absolute atomic E-state index is 0.303. The molecule has 0 saturated carbocycles. The molecule has 0 amide bonds. The van der Waals surface area contributed by atoms with E-state index in [2.05, 4.69) is 170 Å². The summed E-state index contributed by atoms with van der Waals surface area (Å²) in [6.45, 7) is 7.96. The van der Waals surface area contributed by atoms with Crippen LogP contribution in [0.4, 0.5) is 5.82 Å². The Morgan fingerprint density at radius 1 is 0.373 bits per heavy atom. The molecule has 0 aliphatic rings. The summed E-state index contributed by atoms with van der Waals surface area (Å²) >= 11 is 0. The minimum atomic E-state index is 0.303. The van der Waals surface area contributed by atoms with E-state index in [1.165, 1.54) is 43.6 Å². The molecule has 59 heavy (non-hydrogen) atoms. The lowest BCUT2D eigenvalue weighted by molar-refractivity contribution is 1.14. The van der Waals surface area contributed by atoms with Crippen LogP contribution in [0.5, 0.6) is 0 Å². The van der Waals surface area contributed by atoms with Gasteiger partial charge in [0.15, 0.2) is 0 Å². The summed E-state index contributed by atoms with van der Waals surface area (Å²) in [5.74, 6) is 0.810. The summed E-state index contributed by atoms with van der Waals surface area (Å²) in [6.07, 6.45) is 0. The smallest absolute Gasteiger partial charge is 0.274 e. The third-order valence-electron chi connectivity index (χ3n) is 11.7. The number of para-hydroxylation sites is 5. The molecular weight excluding hydrogens is 721 g/mol.